The molecule has 192 valence electrons. The van der Waals surface area contributed by atoms with E-state index in [1.807, 2.05) is 47.4 Å². The SMILES string of the molecule is CC(C)c1cnn2c(NCc3ccccc3-n3cc4cc(C#N)ccc4n3)nc(N3CCC(N)CC3)nc12. The summed E-state index contributed by atoms with van der Waals surface area (Å²) in [6.07, 6.45) is 5.69. The third-order valence-electron chi connectivity index (χ3n) is 7.14. The number of piperidine rings is 1. The third-order valence-corrected chi connectivity index (χ3v) is 7.14. The van der Waals surface area contributed by atoms with Gasteiger partial charge in [0.1, 0.15) is 0 Å². The van der Waals surface area contributed by atoms with Gasteiger partial charge in [0.05, 0.1) is 29.0 Å². The molecular weight excluding hydrogens is 476 g/mol. The zero-order chi connectivity index (χ0) is 26.2. The molecule has 0 bridgehead atoms. The molecular formula is C28H30N10. The number of nitrogens with zero attached hydrogens (tertiary/aromatic N) is 8. The van der Waals surface area contributed by atoms with E-state index in [1.54, 1.807) is 10.6 Å². The number of hydrogen-bond acceptors (Lipinski definition) is 8. The second-order valence-electron chi connectivity index (χ2n) is 10.1. The van der Waals surface area contributed by atoms with Crippen molar-refractivity contribution in [3.05, 3.63) is 71.5 Å². The zero-order valence-corrected chi connectivity index (χ0v) is 21.5. The van der Waals surface area contributed by atoms with E-state index in [1.165, 1.54) is 0 Å². The molecule has 1 saturated heterocycles. The number of anilines is 2. The van der Waals surface area contributed by atoms with Gasteiger partial charge in [-0.3, -0.25) is 0 Å². The van der Waals surface area contributed by atoms with Crippen molar-refractivity contribution >= 4 is 28.4 Å². The van der Waals surface area contributed by atoms with E-state index >= 15 is 0 Å². The largest absolute Gasteiger partial charge is 0.350 e. The number of fused-ring (bicyclic) bond motifs is 2. The standard InChI is InChI=1S/C28H30N10/c1-18(2)23-16-32-38-26(23)33-28(36-11-9-22(30)10-12-36)34-27(38)31-15-20-5-3-4-6-25(20)37-17-21-13-19(14-29)7-8-24(21)35-37/h3-8,13,16-18,22H,9-12,15,30H2,1-2H3,(H,31,33,34). The molecule has 3 N–H and O–H groups in total. The van der Waals surface area contributed by atoms with Gasteiger partial charge in [-0.05, 0) is 48.6 Å². The molecule has 38 heavy (non-hydrogen) atoms. The molecule has 0 radical (unpaired) electrons. The fourth-order valence-corrected chi connectivity index (χ4v) is 4.92. The van der Waals surface area contributed by atoms with Gasteiger partial charge < -0.3 is 16.0 Å². The van der Waals surface area contributed by atoms with Crippen molar-refractivity contribution in [2.24, 2.45) is 5.73 Å². The van der Waals surface area contributed by atoms with Crippen molar-refractivity contribution in [1.29, 1.82) is 5.26 Å². The van der Waals surface area contributed by atoms with E-state index in [-0.39, 0.29) is 12.0 Å². The Morgan fingerprint density at radius 3 is 2.74 bits per heavy atom. The van der Waals surface area contributed by atoms with Gasteiger partial charge in [-0.15, -0.1) is 0 Å². The van der Waals surface area contributed by atoms with E-state index in [0.29, 0.717) is 24.0 Å². The highest BCUT2D eigenvalue weighted by Crippen LogP contribution is 2.26. The van der Waals surface area contributed by atoms with E-state index in [2.05, 4.69) is 41.3 Å². The Morgan fingerprint density at radius 1 is 1.13 bits per heavy atom. The lowest BCUT2D eigenvalue weighted by molar-refractivity contribution is 0.495. The minimum atomic E-state index is 0.232. The fraction of sp³-hybridized carbons (Fsp3) is 0.321. The first kappa shape index (κ1) is 23.9. The number of rotatable bonds is 6. The van der Waals surface area contributed by atoms with Crippen molar-refractivity contribution in [3.8, 4) is 11.8 Å². The number of nitriles is 1. The van der Waals surface area contributed by atoms with Gasteiger partial charge in [-0.2, -0.15) is 29.9 Å². The molecule has 0 aliphatic carbocycles. The van der Waals surface area contributed by atoms with Crippen molar-refractivity contribution in [1.82, 2.24) is 29.4 Å². The average molecular weight is 507 g/mol. The minimum Gasteiger partial charge on any atom is -0.350 e. The van der Waals surface area contributed by atoms with Crippen LogP contribution >= 0.6 is 0 Å². The van der Waals surface area contributed by atoms with Crippen LogP contribution in [0.3, 0.4) is 0 Å². The summed E-state index contributed by atoms with van der Waals surface area (Å²) in [5.74, 6) is 1.63. The molecule has 10 nitrogen and oxygen atoms in total. The zero-order valence-electron chi connectivity index (χ0n) is 21.5. The number of nitrogens with one attached hydrogen (secondary N) is 1. The lowest BCUT2D eigenvalue weighted by Gasteiger charge is -2.30. The molecule has 1 aliphatic rings. The van der Waals surface area contributed by atoms with Gasteiger partial charge in [0.25, 0.3) is 0 Å². The van der Waals surface area contributed by atoms with Crippen LogP contribution in [0, 0.1) is 11.3 Å². The Morgan fingerprint density at radius 2 is 1.95 bits per heavy atom. The summed E-state index contributed by atoms with van der Waals surface area (Å²) in [6.45, 7) is 6.49. The van der Waals surface area contributed by atoms with E-state index < -0.39 is 0 Å². The number of aromatic nitrogens is 6. The molecule has 4 heterocycles. The molecule has 1 fully saturated rings. The Bertz CT molecular complexity index is 1650. The average Bonchev–Trinajstić information content (AvgIpc) is 3.56. The van der Waals surface area contributed by atoms with Crippen LogP contribution in [0.4, 0.5) is 11.9 Å². The minimum absolute atomic E-state index is 0.232. The quantitative estimate of drug-likeness (QED) is 0.354. The number of benzene rings is 2. The normalized spacial score (nSPS) is 14.4. The maximum atomic E-state index is 9.25. The molecule has 5 aromatic rings. The predicted molar refractivity (Wildman–Crippen MR) is 147 cm³/mol. The van der Waals surface area contributed by atoms with E-state index in [0.717, 1.165) is 59.3 Å². The summed E-state index contributed by atoms with van der Waals surface area (Å²) >= 11 is 0. The van der Waals surface area contributed by atoms with Crippen LogP contribution in [0.5, 0.6) is 0 Å². The Hall–Kier alpha value is -4.49. The monoisotopic (exact) mass is 506 g/mol. The Balaban J connectivity index is 1.34. The maximum absolute atomic E-state index is 9.25. The molecule has 6 rings (SSSR count). The van der Waals surface area contributed by atoms with Crippen LogP contribution in [0.2, 0.25) is 0 Å². The lowest BCUT2D eigenvalue weighted by Crippen LogP contribution is -2.40. The topological polar surface area (TPSA) is 126 Å². The van der Waals surface area contributed by atoms with Gasteiger partial charge in [0, 0.05) is 42.8 Å². The highest BCUT2D eigenvalue weighted by atomic mass is 15.4. The van der Waals surface area contributed by atoms with Crippen molar-refractivity contribution in [3.63, 3.8) is 0 Å². The van der Waals surface area contributed by atoms with Gasteiger partial charge >= 0.3 is 0 Å². The number of para-hydroxylation sites is 1. The molecule has 0 unspecified atom stereocenters. The first-order chi connectivity index (χ1) is 18.5. The maximum Gasteiger partial charge on any atom is 0.230 e. The van der Waals surface area contributed by atoms with Gasteiger partial charge in [-0.1, -0.05) is 32.0 Å². The van der Waals surface area contributed by atoms with Crippen LogP contribution in [-0.4, -0.2) is 48.5 Å². The molecule has 2 aromatic carbocycles. The fourth-order valence-electron chi connectivity index (χ4n) is 4.92. The number of nitrogens with two attached hydrogens (primary N) is 1. The Kier molecular flexibility index (Phi) is 6.13. The van der Waals surface area contributed by atoms with Crippen LogP contribution in [0.25, 0.3) is 22.2 Å². The summed E-state index contributed by atoms with van der Waals surface area (Å²) in [6, 6.07) is 16.1. The summed E-state index contributed by atoms with van der Waals surface area (Å²) in [5, 5.41) is 23.1. The molecule has 1 aliphatic heterocycles. The Labute approximate surface area is 220 Å². The second-order valence-corrected chi connectivity index (χ2v) is 10.1. The number of hydrogen-bond donors (Lipinski definition) is 2. The van der Waals surface area contributed by atoms with Crippen LogP contribution in [-0.2, 0) is 6.54 Å². The highest BCUT2D eigenvalue weighted by molar-refractivity contribution is 5.80. The molecule has 0 amide bonds. The lowest BCUT2D eigenvalue weighted by atomic mass is 10.1. The van der Waals surface area contributed by atoms with Crippen LogP contribution < -0.4 is 16.0 Å². The summed E-state index contributed by atoms with van der Waals surface area (Å²) in [4.78, 5) is 12.0. The summed E-state index contributed by atoms with van der Waals surface area (Å²) in [5.41, 5.74) is 11.5. The van der Waals surface area contributed by atoms with Gasteiger partial charge in [0.15, 0.2) is 5.65 Å². The summed E-state index contributed by atoms with van der Waals surface area (Å²) in [7, 11) is 0. The van der Waals surface area contributed by atoms with Crippen molar-refractivity contribution < 1.29 is 0 Å². The molecule has 0 spiro atoms. The molecule has 0 saturated carbocycles. The van der Waals surface area contributed by atoms with Crippen molar-refractivity contribution in [2.75, 3.05) is 23.3 Å². The molecule has 3 aromatic heterocycles. The van der Waals surface area contributed by atoms with Crippen LogP contribution in [0.15, 0.2) is 54.9 Å². The molecule has 10 heteroatoms. The highest BCUT2D eigenvalue weighted by Gasteiger charge is 2.22. The third kappa shape index (κ3) is 4.41. The molecule has 0 atom stereocenters. The smallest absolute Gasteiger partial charge is 0.230 e. The van der Waals surface area contributed by atoms with E-state index in [9.17, 15) is 5.26 Å². The van der Waals surface area contributed by atoms with Gasteiger partial charge in [-0.25, -0.2) is 4.68 Å². The summed E-state index contributed by atoms with van der Waals surface area (Å²) < 4.78 is 3.66. The predicted octanol–water partition coefficient (Wildman–Crippen LogP) is 4.00. The van der Waals surface area contributed by atoms with Crippen molar-refractivity contribution in [2.45, 2.75) is 45.2 Å². The first-order valence-electron chi connectivity index (χ1n) is 13.0. The second kappa shape index (κ2) is 9.76. The first-order valence-corrected chi connectivity index (χ1v) is 13.0. The van der Waals surface area contributed by atoms with Crippen LogP contribution in [0.1, 0.15) is 49.3 Å². The van der Waals surface area contributed by atoms with Gasteiger partial charge in [0.2, 0.25) is 11.9 Å². The van der Waals surface area contributed by atoms with E-state index in [4.69, 9.17) is 20.8 Å².